The molecule has 0 amide bonds. The van der Waals surface area contributed by atoms with Gasteiger partial charge in [-0.15, -0.1) is 0 Å². The first-order chi connectivity index (χ1) is 12.5. The predicted molar refractivity (Wildman–Crippen MR) is 114 cm³/mol. The number of benzene rings is 2. The van der Waals surface area contributed by atoms with E-state index in [9.17, 15) is 0 Å². The lowest BCUT2D eigenvalue weighted by Gasteiger charge is -2.22. The summed E-state index contributed by atoms with van der Waals surface area (Å²) in [6, 6.07) is 19.2. The second-order valence-electron chi connectivity index (χ2n) is 7.98. The van der Waals surface area contributed by atoms with E-state index in [2.05, 4.69) is 87.6 Å². The molecule has 136 valence electrons. The Hall–Kier alpha value is -2.35. The van der Waals surface area contributed by atoms with Crippen LogP contribution in [0.2, 0.25) is 0 Å². The monoisotopic (exact) mass is 346 g/mol. The first-order valence-corrected chi connectivity index (χ1v) is 9.76. The standard InChI is InChI=1S/C19H18N2.C5H12/c1-19(2,3)17-12-13-8-4-5-9-14(13)18-20-15-10-6-7-11-16(15)21(17)18;1-3-5-4-2/h4-12H,1-3H3;3-5H2,1-2H3. The van der Waals surface area contributed by atoms with Crippen molar-refractivity contribution < 1.29 is 0 Å². The summed E-state index contributed by atoms with van der Waals surface area (Å²) < 4.78 is 2.32. The van der Waals surface area contributed by atoms with Crippen LogP contribution in [-0.4, -0.2) is 9.38 Å². The Bertz CT molecular complexity index is 1020. The summed E-state index contributed by atoms with van der Waals surface area (Å²) in [7, 11) is 0. The summed E-state index contributed by atoms with van der Waals surface area (Å²) in [5.41, 5.74) is 4.65. The summed E-state index contributed by atoms with van der Waals surface area (Å²) in [5, 5.41) is 2.46. The molecule has 0 spiro atoms. The topological polar surface area (TPSA) is 17.3 Å². The zero-order valence-electron chi connectivity index (χ0n) is 16.7. The third-order valence-electron chi connectivity index (χ3n) is 4.77. The van der Waals surface area contributed by atoms with Crippen LogP contribution in [0.25, 0.3) is 27.5 Å². The number of imidazole rings is 1. The number of para-hydroxylation sites is 2. The number of hydrogen-bond acceptors (Lipinski definition) is 1. The minimum Gasteiger partial charge on any atom is -0.296 e. The molecule has 0 atom stereocenters. The summed E-state index contributed by atoms with van der Waals surface area (Å²) in [6.45, 7) is 11.2. The average Bonchev–Trinajstić information content (AvgIpc) is 3.01. The number of nitrogens with zero attached hydrogens (tertiary/aromatic N) is 2. The Morgan fingerprint density at radius 2 is 1.54 bits per heavy atom. The fraction of sp³-hybridized carbons (Fsp3) is 0.375. The fourth-order valence-electron chi connectivity index (χ4n) is 3.39. The minimum absolute atomic E-state index is 0.0613. The Morgan fingerprint density at radius 1 is 0.885 bits per heavy atom. The van der Waals surface area contributed by atoms with E-state index >= 15 is 0 Å². The fourth-order valence-corrected chi connectivity index (χ4v) is 3.39. The largest absolute Gasteiger partial charge is 0.296 e. The molecule has 2 heterocycles. The quantitative estimate of drug-likeness (QED) is 0.377. The number of unbranched alkanes of at least 4 members (excludes halogenated alkanes) is 2. The number of aromatic nitrogens is 2. The SMILES string of the molecule is CC(C)(C)c1cc2ccccc2c2nc3ccccc3n12.CCCCC. The zero-order chi connectivity index (χ0) is 18.7. The van der Waals surface area contributed by atoms with E-state index in [1.807, 2.05) is 6.07 Å². The molecule has 0 bridgehead atoms. The van der Waals surface area contributed by atoms with Crippen molar-refractivity contribution in [3.05, 3.63) is 60.3 Å². The van der Waals surface area contributed by atoms with E-state index in [4.69, 9.17) is 4.98 Å². The van der Waals surface area contributed by atoms with Gasteiger partial charge in [-0.2, -0.15) is 0 Å². The van der Waals surface area contributed by atoms with E-state index in [1.54, 1.807) is 0 Å². The van der Waals surface area contributed by atoms with Crippen molar-refractivity contribution in [3.8, 4) is 0 Å². The molecule has 0 N–H and O–H groups in total. The number of pyridine rings is 1. The maximum atomic E-state index is 4.88. The third kappa shape index (κ3) is 3.46. The van der Waals surface area contributed by atoms with Gasteiger partial charge in [0.15, 0.2) is 0 Å². The van der Waals surface area contributed by atoms with Crippen molar-refractivity contribution in [2.75, 3.05) is 0 Å². The van der Waals surface area contributed by atoms with E-state index < -0.39 is 0 Å². The lowest BCUT2D eigenvalue weighted by atomic mass is 9.90. The number of hydrogen-bond donors (Lipinski definition) is 0. The molecule has 4 aromatic rings. The highest BCUT2D eigenvalue weighted by Crippen LogP contribution is 2.32. The third-order valence-corrected chi connectivity index (χ3v) is 4.77. The first-order valence-electron chi connectivity index (χ1n) is 9.76. The van der Waals surface area contributed by atoms with E-state index in [-0.39, 0.29) is 5.41 Å². The van der Waals surface area contributed by atoms with Crippen molar-refractivity contribution >= 4 is 27.5 Å². The van der Waals surface area contributed by atoms with Gasteiger partial charge in [-0.1, -0.05) is 90.3 Å². The molecule has 0 radical (unpaired) electrons. The van der Waals surface area contributed by atoms with Gasteiger partial charge in [-0.05, 0) is 23.6 Å². The van der Waals surface area contributed by atoms with Crippen LogP contribution >= 0.6 is 0 Å². The average molecular weight is 347 g/mol. The van der Waals surface area contributed by atoms with Crippen LogP contribution in [0.4, 0.5) is 0 Å². The summed E-state index contributed by atoms with van der Waals surface area (Å²) in [4.78, 5) is 4.88. The van der Waals surface area contributed by atoms with Gasteiger partial charge < -0.3 is 0 Å². The van der Waals surface area contributed by atoms with Gasteiger partial charge in [0.25, 0.3) is 0 Å². The van der Waals surface area contributed by atoms with Crippen LogP contribution in [-0.2, 0) is 5.41 Å². The second kappa shape index (κ2) is 7.49. The zero-order valence-corrected chi connectivity index (χ0v) is 16.7. The highest BCUT2D eigenvalue weighted by atomic mass is 15.0. The maximum absolute atomic E-state index is 4.88. The summed E-state index contributed by atoms with van der Waals surface area (Å²) >= 11 is 0. The van der Waals surface area contributed by atoms with Gasteiger partial charge in [-0.25, -0.2) is 4.98 Å². The molecule has 26 heavy (non-hydrogen) atoms. The lowest BCUT2D eigenvalue weighted by Crippen LogP contribution is -2.16. The van der Waals surface area contributed by atoms with E-state index in [0.717, 1.165) is 11.2 Å². The van der Waals surface area contributed by atoms with Crippen molar-refractivity contribution in [3.63, 3.8) is 0 Å². The molecule has 2 nitrogen and oxygen atoms in total. The van der Waals surface area contributed by atoms with E-state index in [0.29, 0.717) is 0 Å². The Balaban J connectivity index is 0.000000349. The lowest BCUT2D eigenvalue weighted by molar-refractivity contribution is 0.564. The van der Waals surface area contributed by atoms with Crippen molar-refractivity contribution in [2.45, 2.75) is 59.3 Å². The van der Waals surface area contributed by atoms with Crippen molar-refractivity contribution in [2.24, 2.45) is 0 Å². The van der Waals surface area contributed by atoms with Crippen LogP contribution in [0.15, 0.2) is 54.6 Å². The van der Waals surface area contributed by atoms with E-state index in [1.165, 1.54) is 41.2 Å². The van der Waals surface area contributed by atoms with Crippen molar-refractivity contribution in [1.82, 2.24) is 9.38 Å². The Labute approximate surface area is 156 Å². The second-order valence-corrected chi connectivity index (χ2v) is 7.98. The van der Waals surface area contributed by atoms with Crippen molar-refractivity contribution in [1.29, 1.82) is 0 Å². The summed E-state index contributed by atoms with van der Waals surface area (Å²) in [5.74, 6) is 0. The normalized spacial score (nSPS) is 11.7. The molecule has 0 aliphatic heterocycles. The van der Waals surface area contributed by atoms with Gasteiger partial charge in [-0.3, -0.25) is 4.40 Å². The van der Waals surface area contributed by atoms with Gasteiger partial charge in [0.1, 0.15) is 5.65 Å². The Kier molecular flexibility index (Phi) is 5.31. The molecule has 2 aromatic carbocycles. The molecule has 0 saturated heterocycles. The van der Waals surface area contributed by atoms with Crippen LogP contribution in [0.1, 0.15) is 59.6 Å². The smallest absolute Gasteiger partial charge is 0.146 e. The van der Waals surface area contributed by atoms with Crippen LogP contribution in [0.3, 0.4) is 0 Å². The van der Waals surface area contributed by atoms with Gasteiger partial charge >= 0.3 is 0 Å². The van der Waals surface area contributed by atoms with Crippen LogP contribution < -0.4 is 0 Å². The molecule has 0 aliphatic rings. The first kappa shape index (κ1) is 18.4. The van der Waals surface area contributed by atoms with Gasteiger partial charge in [0, 0.05) is 16.5 Å². The maximum Gasteiger partial charge on any atom is 0.146 e. The molecule has 2 heteroatoms. The molecule has 2 aromatic heterocycles. The number of rotatable bonds is 2. The highest BCUT2D eigenvalue weighted by molar-refractivity contribution is 5.98. The number of fused-ring (bicyclic) bond motifs is 5. The van der Waals surface area contributed by atoms with Gasteiger partial charge in [0.2, 0.25) is 0 Å². The van der Waals surface area contributed by atoms with Crippen LogP contribution in [0, 0.1) is 0 Å². The molecular weight excluding hydrogens is 316 g/mol. The molecule has 0 saturated carbocycles. The molecule has 0 aliphatic carbocycles. The molecule has 4 rings (SSSR count). The highest BCUT2D eigenvalue weighted by Gasteiger charge is 2.21. The molecule has 0 unspecified atom stereocenters. The predicted octanol–water partition coefficient (Wildman–Crippen LogP) is 7.13. The van der Waals surface area contributed by atoms with Gasteiger partial charge in [0.05, 0.1) is 11.0 Å². The Morgan fingerprint density at radius 3 is 2.19 bits per heavy atom. The summed E-state index contributed by atoms with van der Waals surface area (Å²) in [6.07, 6.45) is 4.08. The molecule has 0 fully saturated rings. The minimum atomic E-state index is 0.0613. The van der Waals surface area contributed by atoms with Crippen LogP contribution in [0.5, 0.6) is 0 Å². The molecular formula is C24H30N2.